The first-order chi connectivity index (χ1) is 6.54. The van der Waals surface area contributed by atoms with Crippen LogP contribution >= 0.6 is 0 Å². The molecule has 0 fully saturated rings. The van der Waals surface area contributed by atoms with E-state index in [0.717, 1.165) is 4.32 Å². The summed E-state index contributed by atoms with van der Waals surface area (Å²) in [5, 5.41) is 0. The van der Waals surface area contributed by atoms with Crippen LogP contribution < -0.4 is 5.56 Å². The van der Waals surface area contributed by atoms with Crippen LogP contribution in [0.25, 0.3) is 11.2 Å². The van der Waals surface area contributed by atoms with Crippen molar-refractivity contribution in [1.82, 2.24) is 18.7 Å². The first-order valence-corrected chi connectivity index (χ1v) is 4.96. The van der Waals surface area contributed by atoms with Crippen LogP contribution in [0.3, 0.4) is 0 Å². The van der Waals surface area contributed by atoms with E-state index < -0.39 is 0 Å². The van der Waals surface area contributed by atoms with Gasteiger partial charge in [-0.05, 0) is 0 Å². The first kappa shape index (κ1) is 9.43. The number of fused-ring (bicyclic) bond motifs is 1. The molecule has 0 unspecified atom stereocenters. The molecule has 0 amide bonds. The molecule has 5 nitrogen and oxygen atoms in total. The van der Waals surface area contributed by atoms with E-state index in [9.17, 15) is 4.79 Å². The second kappa shape index (κ2) is 2.93. The Hall–Kier alpha value is -1.13. The number of aromatic nitrogens is 4. The summed E-state index contributed by atoms with van der Waals surface area (Å²) in [4.78, 5) is 16.0. The maximum absolute atomic E-state index is 11.9. The molecule has 0 aromatic carbocycles. The van der Waals surface area contributed by atoms with Gasteiger partial charge >= 0.3 is 87.6 Å². The molecule has 6 heteroatoms. The van der Waals surface area contributed by atoms with E-state index in [-0.39, 0.29) is 5.56 Å². The van der Waals surface area contributed by atoms with Gasteiger partial charge in [-0.15, -0.1) is 0 Å². The summed E-state index contributed by atoms with van der Waals surface area (Å²) < 4.78 is 5.93. The monoisotopic (exact) mass is 258 g/mol. The molecule has 2 aromatic rings. The Morgan fingerprint density at radius 3 is 2.57 bits per heavy atom. The van der Waals surface area contributed by atoms with E-state index >= 15 is 0 Å². The molecule has 0 aliphatic carbocycles. The second-order valence-electron chi connectivity index (χ2n) is 3.23. The molecule has 0 N–H and O–H groups in total. The van der Waals surface area contributed by atoms with Gasteiger partial charge in [-0.2, -0.15) is 0 Å². The number of rotatable bonds is 0. The Bertz CT molecular complexity index is 619. The van der Waals surface area contributed by atoms with Crippen molar-refractivity contribution in [3.05, 3.63) is 21.0 Å². The summed E-state index contributed by atoms with van der Waals surface area (Å²) in [5.74, 6) is 0. The summed E-state index contributed by atoms with van der Waals surface area (Å²) in [5.41, 5.74) is 1.28. The third kappa shape index (κ3) is 1.04. The Kier molecular flexibility index (Phi) is 1.97. The molecule has 2 heterocycles. The van der Waals surface area contributed by atoms with Gasteiger partial charge in [0, 0.05) is 0 Å². The average Bonchev–Trinajstić information content (AvgIpc) is 2.54. The molecule has 14 heavy (non-hydrogen) atoms. The third-order valence-electron chi connectivity index (χ3n) is 2.32. The Morgan fingerprint density at radius 2 is 1.93 bits per heavy atom. The van der Waals surface area contributed by atoms with Crippen molar-refractivity contribution in [3.63, 3.8) is 0 Å². The molecule has 0 bridgehead atoms. The van der Waals surface area contributed by atoms with Crippen molar-refractivity contribution in [2.45, 2.75) is 0 Å². The van der Waals surface area contributed by atoms with Gasteiger partial charge < -0.3 is 0 Å². The second-order valence-corrected chi connectivity index (χ2v) is 4.00. The quantitative estimate of drug-likeness (QED) is 0.586. The number of imidazole rings is 1. The number of aryl methyl sites for hydroxylation is 2. The fourth-order valence-corrected chi connectivity index (χ4v) is 1.83. The molecule has 0 saturated carbocycles. The van der Waals surface area contributed by atoms with Crippen LogP contribution in [0.4, 0.5) is 0 Å². The fourth-order valence-electron chi connectivity index (χ4n) is 1.47. The van der Waals surface area contributed by atoms with Gasteiger partial charge in [-0.3, -0.25) is 0 Å². The average molecular weight is 257 g/mol. The molecule has 0 atom stereocenters. The summed E-state index contributed by atoms with van der Waals surface area (Å²) in [6.07, 6.45) is 1.64. The van der Waals surface area contributed by atoms with Gasteiger partial charge in [0.05, 0.1) is 0 Å². The number of hydrogen-bond donors (Lipinski definition) is 0. The van der Waals surface area contributed by atoms with E-state index in [1.54, 1.807) is 22.5 Å². The van der Waals surface area contributed by atoms with Crippen LogP contribution in [0.5, 0.6) is 0 Å². The van der Waals surface area contributed by atoms with E-state index in [0.29, 0.717) is 11.2 Å². The molecule has 2 rings (SSSR count). The predicted octanol–water partition coefficient (Wildman–Crippen LogP) is -0.689. The molecular weight excluding hydrogens is 247 g/mol. The summed E-state index contributed by atoms with van der Waals surface area (Å²) in [7, 11) is 5.43. The Labute approximate surface area is 88.0 Å². The van der Waals surface area contributed by atoms with Gasteiger partial charge in [-0.1, -0.05) is 0 Å². The number of hydrogen-bond acceptors (Lipinski definition) is 2. The van der Waals surface area contributed by atoms with Gasteiger partial charge in [0.1, 0.15) is 0 Å². The topological polar surface area (TPSA) is 44.8 Å². The molecule has 0 radical (unpaired) electrons. The van der Waals surface area contributed by atoms with Gasteiger partial charge in [-0.25, -0.2) is 0 Å². The van der Waals surface area contributed by atoms with E-state index in [4.69, 9.17) is 0 Å². The molecule has 0 saturated heterocycles. The van der Waals surface area contributed by atoms with Gasteiger partial charge in [0.25, 0.3) is 0 Å². The van der Waals surface area contributed by atoms with Gasteiger partial charge in [0.15, 0.2) is 0 Å². The maximum atomic E-state index is 11.9. The van der Waals surface area contributed by atoms with Crippen molar-refractivity contribution in [3.8, 4) is 0 Å². The zero-order valence-electron chi connectivity index (χ0n) is 8.18. The van der Waals surface area contributed by atoms with Crippen molar-refractivity contribution >= 4 is 26.7 Å². The summed E-state index contributed by atoms with van der Waals surface area (Å²) >= 11 is 2.86. The molecule has 0 aliphatic rings. The third-order valence-corrected chi connectivity index (χ3v) is 3.47. The fraction of sp³-hybridized carbons (Fsp3) is 0.375. The zero-order chi connectivity index (χ0) is 10.5. The summed E-state index contributed by atoms with van der Waals surface area (Å²) in [6, 6.07) is 0. The van der Waals surface area contributed by atoms with Crippen LogP contribution in [0, 0.1) is 4.32 Å². The van der Waals surface area contributed by atoms with E-state index in [1.807, 2.05) is 18.7 Å². The minimum atomic E-state index is -0.0353. The van der Waals surface area contributed by atoms with Crippen molar-refractivity contribution in [2.75, 3.05) is 0 Å². The Balaban J connectivity index is 3.22. The van der Waals surface area contributed by atoms with Crippen molar-refractivity contribution < 1.29 is 0 Å². The van der Waals surface area contributed by atoms with Crippen molar-refractivity contribution in [2.24, 2.45) is 21.1 Å². The van der Waals surface area contributed by atoms with Crippen LogP contribution in [0.2, 0.25) is 0 Å². The summed E-state index contributed by atoms with van der Waals surface area (Å²) in [6.45, 7) is 0. The molecule has 0 spiro atoms. The van der Waals surface area contributed by atoms with Gasteiger partial charge in [0.2, 0.25) is 0 Å². The SMILES string of the molecule is Cn1c(=O)c2c(ncn2C)n(C)c1=[Se]. The van der Waals surface area contributed by atoms with E-state index in [2.05, 4.69) is 20.6 Å². The van der Waals surface area contributed by atoms with E-state index in [1.165, 1.54) is 0 Å². The first-order valence-electron chi connectivity index (χ1n) is 4.11. The van der Waals surface area contributed by atoms with Crippen LogP contribution in [-0.2, 0) is 21.1 Å². The van der Waals surface area contributed by atoms with Crippen molar-refractivity contribution in [1.29, 1.82) is 0 Å². The standard InChI is InChI=1S/C8H10N4OSe/c1-10-4-9-6-5(10)7(13)12(3)8(14)11(6)2/h4H,1-3H3. The molecular formula is C8H10N4OSe. The minimum absolute atomic E-state index is 0.0353. The predicted molar refractivity (Wildman–Crippen MR) is 53.9 cm³/mol. The zero-order valence-corrected chi connectivity index (χ0v) is 9.90. The van der Waals surface area contributed by atoms with Crippen LogP contribution in [0.15, 0.2) is 11.1 Å². The Morgan fingerprint density at radius 1 is 1.29 bits per heavy atom. The van der Waals surface area contributed by atoms with Crippen LogP contribution in [-0.4, -0.2) is 34.3 Å². The molecule has 74 valence electrons. The molecule has 2 aromatic heterocycles. The molecule has 0 aliphatic heterocycles. The van der Waals surface area contributed by atoms with Crippen LogP contribution in [0.1, 0.15) is 0 Å². The number of nitrogens with zero attached hydrogens (tertiary/aromatic N) is 4. The normalized spacial score (nSPS) is 11.1.